The molecule has 7 atom stereocenters. The SMILES string of the molecule is CC[C@@H](CO)N1C(=O)[C@@H]2[C@H]3C(=O)N[C@@H](c4ccccc4)COC(=O)CC/C=C\CN(c4ccccc4Cl)C(=O)[C@@H]1[C@]21C=C(Br)[C@H]3O1. The van der Waals surface area contributed by atoms with Gasteiger partial charge in [-0.25, -0.2) is 0 Å². The summed E-state index contributed by atoms with van der Waals surface area (Å²) in [6, 6.07) is 13.4. The van der Waals surface area contributed by atoms with Crippen LogP contribution in [0.15, 0.2) is 77.3 Å². The van der Waals surface area contributed by atoms with Crippen LogP contribution in [-0.4, -0.2) is 77.2 Å². The predicted molar refractivity (Wildman–Crippen MR) is 174 cm³/mol. The number of nitrogens with one attached hydrogen (secondary N) is 1. The Hall–Kier alpha value is -3.51. The first kappa shape index (κ1) is 32.4. The number of anilines is 1. The van der Waals surface area contributed by atoms with Crippen LogP contribution in [0.25, 0.3) is 0 Å². The van der Waals surface area contributed by atoms with Crippen LogP contribution in [0.1, 0.15) is 37.8 Å². The Bertz CT molecular complexity index is 1580. The first-order valence-electron chi connectivity index (χ1n) is 15.4. The van der Waals surface area contributed by atoms with Crippen molar-refractivity contribution in [1.29, 1.82) is 0 Å². The van der Waals surface area contributed by atoms with E-state index in [1.807, 2.05) is 37.3 Å². The predicted octanol–water partition coefficient (Wildman–Crippen LogP) is 4.07. The van der Waals surface area contributed by atoms with E-state index in [4.69, 9.17) is 21.1 Å². The van der Waals surface area contributed by atoms with Crippen molar-refractivity contribution in [1.82, 2.24) is 10.2 Å². The third-order valence-electron chi connectivity index (χ3n) is 9.28. The first-order chi connectivity index (χ1) is 22.2. The Morgan fingerprint density at radius 1 is 1.07 bits per heavy atom. The van der Waals surface area contributed by atoms with Gasteiger partial charge in [0.15, 0.2) is 0 Å². The molecule has 0 aliphatic carbocycles. The van der Waals surface area contributed by atoms with E-state index in [0.29, 0.717) is 28.0 Å². The van der Waals surface area contributed by atoms with E-state index in [2.05, 4.69) is 21.2 Å². The Morgan fingerprint density at radius 3 is 2.52 bits per heavy atom. The Labute approximate surface area is 280 Å². The van der Waals surface area contributed by atoms with Crippen molar-refractivity contribution in [2.24, 2.45) is 11.8 Å². The van der Waals surface area contributed by atoms with Crippen molar-refractivity contribution in [3.63, 3.8) is 0 Å². The van der Waals surface area contributed by atoms with Crippen LogP contribution in [0.3, 0.4) is 0 Å². The summed E-state index contributed by atoms with van der Waals surface area (Å²) in [5.74, 6) is -3.88. The highest BCUT2D eigenvalue weighted by Gasteiger charge is 2.75. The second-order valence-electron chi connectivity index (χ2n) is 11.9. The van der Waals surface area contributed by atoms with Gasteiger partial charge in [0, 0.05) is 17.4 Å². The number of cyclic esters (lactones) is 1. The lowest BCUT2D eigenvalue weighted by atomic mass is 9.74. The average Bonchev–Trinajstić information content (AvgIpc) is 3.65. The number of carbonyl (C=O) groups is 4. The lowest BCUT2D eigenvalue weighted by Gasteiger charge is -2.38. The fraction of sp³-hybridized carbons (Fsp3) is 0.412. The van der Waals surface area contributed by atoms with E-state index >= 15 is 0 Å². The summed E-state index contributed by atoms with van der Waals surface area (Å²) in [6.07, 6.45) is 5.30. The van der Waals surface area contributed by atoms with Crippen LogP contribution < -0.4 is 10.2 Å². The summed E-state index contributed by atoms with van der Waals surface area (Å²) >= 11 is 10.2. The van der Waals surface area contributed by atoms with Gasteiger partial charge in [-0.2, -0.15) is 0 Å². The minimum atomic E-state index is -1.49. The molecule has 1 spiro atoms. The largest absolute Gasteiger partial charge is 0.463 e. The molecule has 0 aromatic heterocycles. The zero-order chi connectivity index (χ0) is 32.6. The number of rotatable bonds is 5. The molecule has 2 saturated heterocycles. The molecule has 0 saturated carbocycles. The molecule has 2 N–H and O–H groups in total. The van der Waals surface area contributed by atoms with Gasteiger partial charge < -0.3 is 29.7 Å². The van der Waals surface area contributed by atoms with E-state index < -0.39 is 65.4 Å². The molecule has 46 heavy (non-hydrogen) atoms. The molecule has 5 bridgehead atoms. The number of hydrogen-bond donors (Lipinski definition) is 2. The van der Waals surface area contributed by atoms with Gasteiger partial charge in [0.25, 0.3) is 5.91 Å². The molecule has 2 fully saturated rings. The number of aliphatic hydroxyl groups is 1. The van der Waals surface area contributed by atoms with Crippen molar-refractivity contribution in [2.75, 3.05) is 24.7 Å². The number of hydrogen-bond acceptors (Lipinski definition) is 7. The molecule has 12 heteroatoms. The monoisotopic (exact) mass is 711 g/mol. The Morgan fingerprint density at radius 2 is 1.80 bits per heavy atom. The number of aliphatic hydroxyl groups excluding tert-OH is 1. The highest BCUT2D eigenvalue weighted by molar-refractivity contribution is 9.11. The van der Waals surface area contributed by atoms with Crippen molar-refractivity contribution < 1.29 is 33.8 Å². The van der Waals surface area contributed by atoms with Crippen LogP contribution in [0.2, 0.25) is 5.02 Å². The maximum atomic E-state index is 14.9. The summed E-state index contributed by atoms with van der Waals surface area (Å²) in [4.78, 5) is 59.3. The van der Waals surface area contributed by atoms with E-state index in [1.54, 1.807) is 42.5 Å². The number of para-hydroxylation sites is 1. The number of ether oxygens (including phenoxy) is 2. The van der Waals surface area contributed by atoms with Crippen molar-refractivity contribution in [3.05, 3.63) is 87.9 Å². The smallest absolute Gasteiger partial charge is 0.306 e. The maximum Gasteiger partial charge on any atom is 0.306 e. The van der Waals surface area contributed by atoms with Gasteiger partial charge >= 0.3 is 5.97 Å². The quantitative estimate of drug-likeness (QED) is 0.354. The third kappa shape index (κ3) is 5.57. The van der Waals surface area contributed by atoms with Crippen molar-refractivity contribution in [3.8, 4) is 0 Å². The number of allylic oxidation sites excluding steroid dienone is 1. The summed E-state index contributed by atoms with van der Waals surface area (Å²) < 4.78 is 12.7. The molecular weight excluding hydrogens is 678 g/mol. The molecule has 0 radical (unpaired) electrons. The van der Waals surface area contributed by atoms with Gasteiger partial charge in [-0.15, -0.1) is 0 Å². The van der Waals surface area contributed by atoms with Crippen LogP contribution >= 0.6 is 27.5 Å². The van der Waals surface area contributed by atoms with Gasteiger partial charge in [-0.05, 0) is 36.6 Å². The Kier molecular flexibility index (Phi) is 9.38. The highest BCUT2D eigenvalue weighted by Crippen LogP contribution is 2.59. The second kappa shape index (κ2) is 13.3. The lowest BCUT2D eigenvalue weighted by Crippen LogP contribution is -2.58. The normalized spacial score (nSPS) is 31.3. The standard InChI is InChI=1S/C34H35BrClN3O7/c1-2-21(18-40)39-30-33(44)38(25-14-9-8-13-23(25)36)16-10-4-7-15-26(41)45-19-24(20-11-5-3-6-12-20)37-31(42)27-28(32(39)43)34(30)17-22(35)29(27)46-34/h3-6,8-14,17,21,24,27-30,40H,2,7,15-16,18-19H2,1H3,(H,37,42)/b10-4-/t21-,24+,27+,28-,29+,30+,34-/m0/s1. The van der Waals surface area contributed by atoms with Crippen LogP contribution in [0, 0.1) is 11.8 Å². The molecule has 4 aliphatic rings. The number of esters is 1. The van der Waals surface area contributed by atoms with Gasteiger partial charge in [0.1, 0.15) is 24.4 Å². The first-order valence-corrected chi connectivity index (χ1v) is 16.6. The molecule has 0 unspecified atom stereocenters. The number of halogens is 2. The fourth-order valence-corrected chi connectivity index (χ4v) is 8.06. The minimum absolute atomic E-state index is 0.0844. The highest BCUT2D eigenvalue weighted by atomic mass is 79.9. The molecule has 6 rings (SSSR count). The number of benzene rings is 2. The zero-order valence-electron chi connectivity index (χ0n) is 25.2. The molecule has 10 nitrogen and oxygen atoms in total. The number of nitrogens with zero attached hydrogens (tertiary/aromatic N) is 2. The van der Waals surface area contributed by atoms with Gasteiger partial charge in [0.05, 0.1) is 41.2 Å². The number of amides is 3. The topological polar surface area (TPSA) is 125 Å². The third-order valence-corrected chi connectivity index (χ3v) is 10.3. The summed E-state index contributed by atoms with van der Waals surface area (Å²) in [5.41, 5.74) is -0.339. The number of fused-ring (bicyclic) bond motifs is 2. The number of carbonyl (C=O) groups excluding carboxylic acids is 4. The van der Waals surface area contributed by atoms with E-state index in [9.17, 15) is 24.3 Å². The lowest BCUT2D eigenvalue weighted by molar-refractivity contribution is -0.146. The van der Waals surface area contributed by atoms with Crippen molar-refractivity contribution in [2.45, 2.75) is 56.0 Å². The molecule has 242 valence electrons. The average molecular weight is 713 g/mol. The second-order valence-corrected chi connectivity index (χ2v) is 13.2. The van der Waals surface area contributed by atoms with Gasteiger partial charge in [0.2, 0.25) is 11.8 Å². The Balaban J connectivity index is 1.48. The summed E-state index contributed by atoms with van der Waals surface area (Å²) in [6.45, 7) is 1.43. The molecule has 2 aromatic carbocycles. The molecule has 4 heterocycles. The fourth-order valence-electron chi connectivity index (χ4n) is 7.09. The summed E-state index contributed by atoms with van der Waals surface area (Å²) in [5, 5.41) is 13.8. The zero-order valence-corrected chi connectivity index (χ0v) is 27.5. The minimum Gasteiger partial charge on any atom is -0.463 e. The van der Waals surface area contributed by atoms with E-state index in [0.717, 1.165) is 5.56 Å². The molecule has 2 aromatic rings. The molecule has 3 amide bonds. The van der Waals surface area contributed by atoms with Crippen molar-refractivity contribution >= 4 is 56.9 Å². The maximum absolute atomic E-state index is 14.9. The van der Waals surface area contributed by atoms with Crippen LogP contribution in [0.4, 0.5) is 5.69 Å². The van der Waals surface area contributed by atoms with Gasteiger partial charge in [-0.3, -0.25) is 19.2 Å². The van der Waals surface area contributed by atoms with Crippen LogP contribution in [0.5, 0.6) is 0 Å². The van der Waals surface area contributed by atoms with Gasteiger partial charge in [-0.1, -0.05) is 89.1 Å². The van der Waals surface area contributed by atoms with E-state index in [1.165, 1.54) is 9.80 Å². The van der Waals surface area contributed by atoms with E-state index in [-0.39, 0.29) is 26.2 Å². The van der Waals surface area contributed by atoms with Crippen LogP contribution in [-0.2, 0) is 28.7 Å². The summed E-state index contributed by atoms with van der Waals surface area (Å²) in [7, 11) is 0. The number of likely N-dealkylation sites (tertiary alicyclic amines) is 1. The molecule has 4 aliphatic heterocycles. The molecular formula is C34H35BrClN3O7.